The maximum Gasteiger partial charge on any atom is 0.490 e. The van der Waals surface area contributed by atoms with Crippen LogP contribution >= 0.6 is 11.6 Å². The van der Waals surface area contributed by atoms with Gasteiger partial charge in [0.05, 0.1) is 6.20 Å². The van der Waals surface area contributed by atoms with Gasteiger partial charge in [-0.1, -0.05) is 23.7 Å². The summed E-state index contributed by atoms with van der Waals surface area (Å²) in [5.74, 6) is -4.54. The number of benzene rings is 2. The highest BCUT2D eigenvalue weighted by Crippen LogP contribution is 2.29. The number of hydrogen-bond donors (Lipinski definition) is 6. The van der Waals surface area contributed by atoms with Crippen molar-refractivity contribution in [1.29, 1.82) is 0 Å². The number of rotatable bonds is 2. The molecule has 47 heavy (non-hydrogen) atoms. The Kier molecular flexibility index (Phi) is 12.2. The van der Waals surface area contributed by atoms with Crippen molar-refractivity contribution < 1.29 is 50.9 Å². The second-order valence-corrected chi connectivity index (χ2v) is 10.6. The maximum atomic E-state index is 12.7. The lowest BCUT2D eigenvalue weighted by Crippen LogP contribution is -2.39. The lowest BCUT2D eigenvalue weighted by molar-refractivity contribution is -0.193. The number of fused-ring (bicyclic) bond motifs is 6. The quantitative estimate of drug-likeness (QED) is 0.181. The van der Waals surface area contributed by atoms with Crippen molar-refractivity contribution in [3.63, 3.8) is 0 Å². The first-order chi connectivity index (χ1) is 21.9. The number of aromatic nitrogens is 2. The van der Waals surface area contributed by atoms with Crippen LogP contribution in [-0.2, 0) is 22.4 Å². The molecule has 0 aliphatic carbocycles. The second-order valence-electron chi connectivity index (χ2n) is 10.2. The van der Waals surface area contributed by atoms with E-state index in [2.05, 4.69) is 55.3 Å². The van der Waals surface area contributed by atoms with Gasteiger partial charge in [0, 0.05) is 29.6 Å². The van der Waals surface area contributed by atoms with Gasteiger partial charge in [0.15, 0.2) is 5.82 Å². The number of nitrogens with zero attached hydrogens (tertiary/aromatic N) is 3. The van der Waals surface area contributed by atoms with Crippen LogP contribution in [0.3, 0.4) is 0 Å². The molecule has 0 saturated carbocycles. The molecule has 2 aliphatic heterocycles. The predicted octanol–water partition coefficient (Wildman–Crippen LogP) is 5.81. The molecule has 2 aliphatic rings. The van der Waals surface area contributed by atoms with Crippen molar-refractivity contribution >= 4 is 58.4 Å². The van der Waals surface area contributed by atoms with Crippen molar-refractivity contribution in [2.75, 3.05) is 36.1 Å². The Balaban J connectivity index is 0.000000360. The van der Waals surface area contributed by atoms with Crippen LogP contribution in [-0.4, -0.2) is 81.6 Å². The van der Waals surface area contributed by atoms with Crippen LogP contribution < -0.4 is 21.3 Å². The standard InChI is InChI=1S/C24H26ClN7O.2C2HF3O2/c1-32-10-9-19(14-32)29-24(33)30-21-8-7-18-12-16(21)6-5-15-3-2-4-17(11-15)28-23-26-13-20(25)22(27-18)31-23;2*3-2(4,5)1(6)7/h2-4,7-8,11-13,19H,5-6,9-10,14H2,1H3,(H2,29,30,33)(H2,26,27,28,31);2*(H,6,7)/t19-;;/m0../s1. The van der Waals surface area contributed by atoms with Crippen LogP contribution in [0, 0.1) is 0 Å². The van der Waals surface area contributed by atoms with Crippen LogP contribution in [0.25, 0.3) is 0 Å². The summed E-state index contributed by atoms with van der Waals surface area (Å²) in [5.41, 5.74) is 4.75. The topological polar surface area (TPSA) is 169 Å². The van der Waals surface area contributed by atoms with Gasteiger partial charge < -0.3 is 36.4 Å². The number of carboxylic acid groups (broad SMARTS) is 2. The summed E-state index contributed by atoms with van der Waals surface area (Å²) in [5, 5.41) is 27.3. The minimum Gasteiger partial charge on any atom is -0.475 e. The van der Waals surface area contributed by atoms with E-state index < -0.39 is 24.3 Å². The number of nitrogens with one attached hydrogen (secondary N) is 4. The maximum absolute atomic E-state index is 12.7. The SMILES string of the molecule is CN1CC[C@H](NC(=O)Nc2ccc3cc2CCc2cccc(c2)Nc2ncc(Cl)c(n2)N3)C1.O=C(O)C(F)(F)F.O=C(O)C(F)(F)F. The molecule has 6 N–H and O–H groups in total. The van der Waals surface area contributed by atoms with Gasteiger partial charge >= 0.3 is 30.3 Å². The number of amides is 2. The van der Waals surface area contributed by atoms with Crippen LogP contribution in [0.4, 0.5) is 60.0 Å². The van der Waals surface area contributed by atoms with Crippen LogP contribution in [0.1, 0.15) is 17.5 Å². The van der Waals surface area contributed by atoms with Crippen LogP contribution in [0.15, 0.2) is 48.7 Å². The molecule has 6 bridgehead atoms. The van der Waals surface area contributed by atoms with Crippen molar-refractivity contribution in [2.24, 2.45) is 0 Å². The van der Waals surface area contributed by atoms with E-state index in [9.17, 15) is 31.1 Å². The van der Waals surface area contributed by atoms with E-state index in [1.807, 2.05) is 30.3 Å². The Morgan fingerprint density at radius 2 is 1.60 bits per heavy atom. The fourth-order valence-corrected chi connectivity index (χ4v) is 4.40. The first-order valence-corrected chi connectivity index (χ1v) is 13.9. The number of likely N-dealkylation sites (tertiary alicyclic amines) is 1. The summed E-state index contributed by atoms with van der Waals surface area (Å²) in [6, 6.07) is 14.0. The van der Waals surface area contributed by atoms with E-state index in [1.54, 1.807) is 6.20 Å². The molecule has 0 spiro atoms. The highest BCUT2D eigenvalue weighted by Gasteiger charge is 2.38. The van der Waals surface area contributed by atoms with Crippen molar-refractivity contribution in [3.05, 3.63) is 64.8 Å². The molecule has 1 fully saturated rings. The fraction of sp³-hybridized carbons (Fsp3) is 0.321. The molecule has 3 aromatic rings. The molecular formula is C28H28ClF6N7O5. The first kappa shape index (κ1) is 36.6. The molecule has 19 heteroatoms. The normalized spacial score (nSPS) is 15.7. The molecule has 2 aromatic carbocycles. The number of urea groups is 1. The number of carbonyl (C=O) groups is 3. The Bertz CT molecular complexity index is 1570. The number of aliphatic carboxylic acids is 2. The monoisotopic (exact) mass is 691 g/mol. The fourth-order valence-electron chi connectivity index (χ4n) is 4.26. The van der Waals surface area contributed by atoms with Crippen molar-refractivity contribution in [1.82, 2.24) is 20.2 Å². The van der Waals surface area contributed by atoms with E-state index in [0.717, 1.165) is 55.0 Å². The Hall–Kier alpha value is -4.84. The molecule has 1 saturated heterocycles. The number of likely N-dealkylation sites (N-methyl/N-ethyl adjacent to an activating group) is 1. The van der Waals surface area contributed by atoms with Gasteiger partial charge in [-0.2, -0.15) is 31.3 Å². The van der Waals surface area contributed by atoms with E-state index in [1.165, 1.54) is 5.56 Å². The summed E-state index contributed by atoms with van der Waals surface area (Å²) in [4.78, 5) is 41.5. The van der Waals surface area contributed by atoms with Gasteiger partial charge in [-0.3, -0.25) is 0 Å². The minimum atomic E-state index is -5.08. The molecule has 1 aromatic heterocycles. The molecule has 12 nitrogen and oxygen atoms in total. The van der Waals surface area contributed by atoms with Crippen LogP contribution in [0.2, 0.25) is 5.02 Å². The van der Waals surface area contributed by atoms with E-state index in [0.29, 0.717) is 16.8 Å². The number of carboxylic acids is 2. The average molecular weight is 692 g/mol. The molecule has 1 atom stereocenters. The summed E-state index contributed by atoms with van der Waals surface area (Å²) < 4.78 is 63.5. The molecule has 3 heterocycles. The highest BCUT2D eigenvalue weighted by atomic mass is 35.5. The number of alkyl halides is 6. The number of anilines is 5. The molecule has 5 rings (SSSR count). The zero-order valence-electron chi connectivity index (χ0n) is 24.3. The number of aryl methyl sites for hydroxylation is 2. The zero-order valence-corrected chi connectivity index (χ0v) is 25.1. The number of halogens is 7. The average Bonchev–Trinajstić information content (AvgIpc) is 3.38. The van der Waals surface area contributed by atoms with Gasteiger partial charge in [0.25, 0.3) is 0 Å². The first-order valence-electron chi connectivity index (χ1n) is 13.6. The summed E-state index contributed by atoms with van der Waals surface area (Å²) in [6.07, 6.45) is -6.05. The third-order valence-corrected chi connectivity index (χ3v) is 6.71. The summed E-state index contributed by atoms with van der Waals surface area (Å²) in [7, 11) is 2.07. The highest BCUT2D eigenvalue weighted by molar-refractivity contribution is 6.32. The lowest BCUT2D eigenvalue weighted by Gasteiger charge is -2.17. The van der Waals surface area contributed by atoms with Gasteiger partial charge in [-0.05, 0) is 74.3 Å². The molecule has 2 amide bonds. The Morgan fingerprint density at radius 1 is 0.957 bits per heavy atom. The largest absolute Gasteiger partial charge is 0.490 e. The third-order valence-electron chi connectivity index (χ3n) is 6.44. The smallest absolute Gasteiger partial charge is 0.475 e. The van der Waals surface area contributed by atoms with E-state index in [-0.39, 0.29) is 12.1 Å². The molecule has 0 radical (unpaired) electrons. The van der Waals surface area contributed by atoms with Crippen molar-refractivity contribution in [3.8, 4) is 0 Å². The molecule has 0 unspecified atom stereocenters. The van der Waals surface area contributed by atoms with E-state index >= 15 is 0 Å². The Morgan fingerprint density at radius 3 is 2.19 bits per heavy atom. The van der Waals surface area contributed by atoms with E-state index in [4.69, 9.17) is 31.4 Å². The van der Waals surface area contributed by atoms with Gasteiger partial charge in [0.2, 0.25) is 5.95 Å². The van der Waals surface area contributed by atoms with Gasteiger partial charge in [0.1, 0.15) is 5.02 Å². The number of hydrogen-bond acceptors (Lipinski definition) is 8. The summed E-state index contributed by atoms with van der Waals surface area (Å²) >= 11 is 6.34. The van der Waals surface area contributed by atoms with Gasteiger partial charge in [-0.25, -0.2) is 19.4 Å². The minimum absolute atomic E-state index is 0.172. The van der Waals surface area contributed by atoms with Crippen molar-refractivity contribution in [2.45, 2.75) is 37.7 Å². The zero-order chi connectivity index (χ0) is 34.9. The number of carbonyl (C=O) groups excluding carboxylic acids is 1. The Labute approximate surface area is 268 Å². The van der Waals surface area contributed by atoms with Crippen LogP contribution in [0.5, 0.6) is 0 Å². The van der Waals surface area contributed by atoms with Gasteiger partial charge in [-0.15, -0.1) is 0 Å². The lowest BCUT2D eigenvalue weighted by atomic mass is 10.0. The third kappa shape index (κ3) is 11.8. The second kappa shape index (κ2) is 15.6. The molecule has 254 valence electrons. The predicted molar refractivity (Wildman–Crippen MR) is 159 cm³/mol. The summed E-state index contributed by atoms with van der Waals surface area (Å²) in [6.45, 7) is 1.87. The molecular weight excluding hydrogens is 664 g/mol.